The standard InChI is InChI=1S/C65H80N8O6/c1-12-72(68)56-20-18-52(43(10)62(56)66)54(32-58(74)75)48-16-14-45-23-26-71(35-50(45)30-48)65(78)61-41(8)38(5)29-47(42(61)9)24-27-79-59(76)33-55(53-19-21-57(73(69)13-2)63(67)44(53)11)49-17-15-46-22-25-70(34-51(46)31-49)64(77)60-39(6)36(3)28-37(4)40(60)7/h14-21,28-31,54-55H,12-13,22-27,32-35,66-69H2,1-11H3,(H,74,75). The van der Waals surface area contributed by atoms with Gasteiger partial charge in [-0.3, -0.25) is 19.2 Å². The van der Waals surface area contributed by atoms with Gasteiger partial charge >= 0.3 is 11.9 Å². The molecule has 2 heterocycles. The Morgan fingerprint density at radius 1 is 0.557 bits per heavy atom. The van der Waals surface area contributed by atoms with Crippen LogP contribution >= 0.6 is 0 Å². The Labute approximate surface area is 466 Å². The predicted molar refractivity (Wildman–Crippen MR) is 317 cm³/mol. The van der Waals surface area contributed by atoms with Crippen LogP contribution in [0.25, 0.3) is 0 Å². The number of benzene rings is 6. The first-order valence-corrected chi connectivity index (χ1v) is 27.7. The molecular formula is C65H80N8O6. The Balaban J connectivity index is 1.01. The van der Waals surface area contributed by atoms with Crippen LogP contribution in [0.15, 0.2) is 72.8 Å². The fraction of sp³-hybridized carbons (Fsp3) is 0.385. The number of hydrogen-bond acceptors (Lipinski definition) is 11. The van der Waals surface area contributed by atoms with Crippen molar-refractivity contribution in [3.8, 4) is 0 Å². The van der Waals surface area contributed by atoms with Crippen LogP contribution in [0.3, 0.4) is 0 Å². The summed E-state index contributed by atoms with van der Waals surface area (Å²) in [4.78, 5) is 59.5. The lowest BCUT2D eigenvalue weighted by Crippen LogP contribution is -2.37. The molecule has 79 heavy (non-hydrogen) atoms. The van der Waals surface area contributed by atoms with Gasteiger partial charge in [-0.15, -0.1) is 0 Å². The van der Waals surface area contributed by atoms with Gasteiger partial charge in [-0.05, 0) is 201 Å². The predicted octanol–water partition coefficient (Wildman–Crippen LogP) is 10.3. The summed E-state index contributed by atoms with van der Waals surface area (Å²) in [5.41, 5.74) is 34.5. The minimum atomic E-state index is -0.929. The molecule has 14 nitrogen and oxygen atoms in total. The van der Waals surface area contributed by atoms with Crippen molar-refractivity contribution in [1.82, 2.24) is 9.80 Å². The number of hydrazine groups is 2. The van der Waals surface area contributed by atoms with Crippen LogP contribution in [-0.4, -0.2) is 71.4 Å². The second-order valence-electron chi connectivity index (χ2n) is 22.0. The summed E-state index contributed by atoms with van der Waals surface area (Å²) in [6.07, 6.45) is 1.68. The summed E-state index contributed by atoms with van der Waals surface area (Å²) in [5.74, 6) is 10.3. The highest BCUT2D eigenvalue weighted by atomic mass is 16.5. The maximum absolute atomic E-state index is 14.8. The molecule has 2 aliphatic heterocycles. The van der Waals surface area contributed by atoms with Crippen molar-refractivity contribution in [3.05, 3.63) is 184 Å². The first kappa shape index (κ1) is 57.5. The molecule has 2 unspecified atom stereocenters. The van der Waals surface area contributed by atoms with Crippen LogP contribution in [0.2, 0.25) is 0 Å². The fourth-order valence-electron chi connectivity index (χ4n) is 12.0. The Morgan fingerprint density at radius 2 is 0.987 bits per heavy atom. The number of fused-ring (bicyclic) bond motifs is 2. The topological polar surface area (TPSA) is 215 Å². The largest absolute Gasteiger partial charge is 0.481 e. The number of hydrogen-bond donors (Lipinski definition) is 5. The van der Waals surface area contributed by atoms with Crippen molar-refractivity contribution in [1.29, 1.82) is 0 Å². The molecular weight excluding hydrogens is 989 g/mol. The number of aryl methyl sites for hydroxylation is 3. The lowest BCUT2D eigenvalue weighted by Gasteiger charge is -2.32. The second-order valence-corrected chi connectivity index (χ2v) is 22.0. The molecule has 0 saturated carbocycles. The van der Waals surface area contributed by atoms with Crippen molar-refractivity contribution in [2.45, 2.75) is 133 Å². The van der Waals surface area contributed by atoms with Gasteiger partial charge in [0, 0.05) is 68.7 Å². The quantitative estimate of drug-likeness (QED) is 0.0250. The van der Waals surface area contributed by atoms with Crippen LogP contribution in [-0.2, 0) is 46.7 Å². The number of carboxylic acid groups (broad SMARTS) is 1. The minimum absolute atomic E-state index is 0.0306. The zero-order valence-corrected chi connectivity index (χ0v) is 48.2. The third-order valence-electron chi connectivity index (χ3n) is 17.4. The lowest BCUT2D eigenvalue weighted by molar-refractivity contribution is -0.143. The molecule has 0 aromatic heterocycles. The van der Waals surface area contributed by atoms with Crippen molar-refractivity contribution in [2.75, 3.05) is 54.3 Å². The number of rotatable bonds is 17. The smallest absolute Gasteiger partial charge is 0.306 e. The fourth-order valence-corrected chi connectivity index (χ4v) is 12.0. The molecule has 14 heteroatoms. The van der Waals surface area contributed by atoms with E-state index >= 15 is 0 Å². The van der Waals surface area contributed by atoms with Crippen molar-refractivity contribution in [2.24, 2.45) is 11.7 Å². The van der Waals surface area contributed by atoms with Gasteiger partial charge in [0.1, 0.15) is 0 Å². The van der Waals surface area contributed by atoms with E-state index in [9.17, 15) is 24.3 Å². The molecule has 0 spiro atoms. The minimum Gasteiger partial charge on any atom is -0.481 e. The van der Waals surface area contributed by atoms with Crippen LogP contribution in [0, 0.1) is 62.3 Å². The van der Waals surface area contributed by atoms with E-state index in [0.717, 1.165) is 107 Å². The summed E-state index contributed by atoms with van der Waals surface area (Å²) < 4.78 is 6.13. The molecule has 2 amide bonds. The van der Waals surface area contributed by atoms with Crippen LogP contribution in [0.5, 0.6) is 0 Å². The summed E-state index contributed by atoms with van der Waals surface area (Å²) in [5, 5.41) is 13.3. The molecule has 0 bridgehead atoms. The molecule has 2 atom stereocenters. The zero-order valence-electron chi connectivity index (χ0n) is 48.2. The second kappa shape index (κ2) is 23.7. The van der Waals surface area contributed by atoms with E-state index < -0.39 is 17.8 Å². The highest BCUT2D eigenvalue weighted by Crippen LogP contribution is 2.40. The molecule has 6 aromatic carbocycles. The molecule has 416 valence electrons. The third-order valence-corrected chi connectivity index (χ3v) is 17.4. The monoisotopic (exact) mass is 1070 g/mol. The normalized spacial score (nSPS) is 13.8. The van der Waals surface area contributed by atoms with E-state index in [4.69, 9.17) is 27.9 Å². The van der Waals surface area contributed by atoms with Crippen LogP contribution in [0.4, 0.5) is 22.7 Å². The summed E-state index contributed by atoms with van der Waals surface area (Å²) in [6.45, 7) is 25.0. The molecule has 0 saturated heterocycles. The van der Waals surface area contributed by atoms with Gasteiger partial charge < -0.3 is 41.1 Å². The average molecular weight is 1070 g/mol. The molecule has 2 aliphatic rings. The highest BCUT2D eigenvalue weighted by Gasteiger charge is 2.31. The number of nitrogens with zero attached hydrogens (tertiary/aromatic N) is 4. The Hall–Kier alpha value is -7.68. The number of esters is 1. The molecule has 6 aromatic rings. The van der Waals surface area contributed by atoms with Gasteiger partial charge in [-0.2, -0.15) is 0 Å². The summed E-state index contributed by atoms with van der Waals surface area (Å²) >= 11 is 0. The molecule has 0 fully saturated rings. The SMILES string of the molecule is CCN(N)c1ccc(C(CC(=O)O)c2ccc3c(c2)CN(C(=O)c2c(C)c(C)cc(CCOC(=O)CC(c4ccc5c(c4)CN(C(=O)c4c(C)c(C)cc(C)c4C)CC5)c4ccc(N(N)CC)c(N)c4C)c2C)CC3)c(C)c1N. The number of nitrogens with two attached hydrogens (primary N) is 4. The number of ether oxygens (including phenoxy) is 1. The number of amides is 2. The van der Waals surface area contributed by atoms with Crippen molar-refractivity contribution >= 4 is 46.5 Å². The number of aliphatic carboxylic acids is 1. The highest BCUT2D eigenvalue weighted by molar-refractivity contribution is 5.99. The number of carboxylic acids is 1. The van der Waals surface area contributed by atoms with E-state index in [2.05, 4.69) is 56.3 Å². The first-order chi connectivity index (χ1) is 37.5. The maximum Gasteiger partial charge on any atom is 0.306 e. The molecule has 9 N–H and O–H groups in total. The van der Waals surface area contributed by atoms with E-state index in [1.807, 2.05) is 102 Å². The van der Waals surface area contributed by atoms with E-state index in [-0.39, 0.29) is 37.2 Å². The zero-order chi connectivity index (χ0) is 57.3. The summed E-state index contributed by atoms with van der Waals surface area (Å²) in [6, 6.07) is 24.4. The van der Waals surface area contributed by atoms with Gasteiger partial charge in [0.2, 0.25) is 0 Å². The van der Waals surface area contributed by atoms with Crippen LogP contribution in [0.1, 0.15) is 159 Å². The third kappa shape index (κ3) is 11.6. The Morgan fingerprint density at radius 3 is 1.43 bits per heavy atom. The van der Waals surface area contributed by atoms with Gasteiger partial charge in [0.15, 0.2) is 0 Å². The number of carbonyl (C=O) groups is 4. The number of carbonyl (C=O) groups excluding carboxylic acids is 3. The first-order valence-electron chi connectivity index (χ1n) is 27.7. The van der Waals surface area contributed by atoms with Crippen LogP contribution < -0.4 is 33.2 Å². The molecule has 8 rings (SSSR count). The van der Waals surface area contributed by atoms with E-state index in [1.54, 1.807) is 10.0 Å². The Kier molecular flexibility index (Phi) is 17.3. The number of anilines is 4. The average Bonchev–Trinajstić information content (AvgIpc) is 3.52. The van der Waals surface area contributed by atoms with Gasteiger partial charge in [0.05, 0.1) is 42.2 Å². The lowest BCUT2D eigenvalue weighted by atomic mass is 9.83. The van der Waals surface area contributed by atoms with Crippen molar-refractivity contribution < 1.29 is 29.0 Å². The maximum atomic E-state index is 14.8. The number of nitrogen functional groups attached to an aromatic ring is 2. The van der Waals surface area contributed by atoms with E-state index in [1.165, 1.54) is 5.56 Å². The van der Waals surface area contributed by atoms with E-state index in [0.29, 0.717) is 80.4 Å². The molecule has 0 radical (unpaired) electrons. The summed E-state index contributed by atoms with van der Waals surface area (Å²) in [7, 11) is 0. The van der Waals surface area contributed by atoms with Gasteiger partial charge in [-0.25, -0.2) is 11.7 Å². The molecule has 0 aliphatic carbocycles. The van der Waals surface area contributed by atoms with Gasteiger partial charge in [-0.1, -0.05) is 60.7 Å². The van der Waals surface area contributed by atoms with Crippen molar-refractivity contribution in [3.63, 3.8) is 0 Å². The Bertz CT molecular complexity index is 3360. The van der Waals surface area contributed by atoms with Gasteiger partial charge in [0.25, 0.3) is 11.8 Å².